The molecule has 0 saturated heterocycles. The lowest BCUT2D eigenvalue weighted by Gasteiger charge is -2.20. The molecular weight excluding hydrogens is 184 g/mol. The first-order valence-electron chi connectivity index (χ1n) is 4.19. The number of nitrogens with two attached hydrogens (primary N) is 1. The van der Waals surface area contributed by atoms with Crippen LogP contribution in [-0.2, 0) is 0 Å². The molecule has 1 atom stereocenters. The molecule has 3 N–H and O–H groups in total. The Balaban J connectivity index is 2.65. The van der Waals surface area contributed by atoms with Crippen LogP contribution in [0.5, 0.6) is 5.88 Å². The molecule has 0 aliphatic carbocycles. The van der Waals surface area contributed by atoms with E-state index in [2.05, 4.69) is 15.0 Å². The number of aromatic nitrogens is 2. The highest BCUT2D eigenvalue weighted by molar-refractivity contribution is 5.92. The summed E-state index contributed by atoms with van der Waals surface area (Å²) in [5, 5.41) is 0. The van der Waals surface area contributed by atoms with Crippen LogP contribution in [0.2, 0.25) is 0 Å². The molecular formula is C8H10N4O2. The number of nitrogens with zero attached hydrogens (tertiary/aromatic N) is 2. The van der Waals surface area contributed by atoms with Crippen LogP contribution in [0, 0.1) is 0 Å². The van der Waals surface area contributed by atoms with Crippen LogP contribution in [0.1, 0.15) is 13.8 Å². The molecule has 6 heteroatoms. The van der Waals surface area contributed by atoms with Gasteiger partial charge in [-0.25, -0.2) is 9.79 Å². The van der Waals surface area contributed by atoms with Crippen LogP contribution < -0.4 is 16.2 Å². The fourth-order valence-electron chi connectivity index (χ4n) is 1.17. The first-order chi connectivity index (χ1) is 6.58. The van der Waals surface area contributed by atoms with Crippen molar-refractivity contribution < 1.29 is 4.74 Å². The topological polar surface area (TPSA) is 93.4 Å². The molecule has 1 aromatic rings. The van der Waals surface area contributed by atoms with Crippen molar-refractivity contribution in [1.82, 2.24) is 9.97 Å². The first kappa shape index (κ1) is 8.74. The highest BCUT2D eigenvalue weighted by Gasteiger charge is 2.21. The molecule has 74 valence electrons. The third-order valence-corrected chi connectivity index (χ3v) is 2.07. The highest BCUT2D eigenvalue weighted by atomic mass is 16.5. The van der Waals surface area contributed by atoms with E-state index in [1.807, 2.05) is 13.8 Å². The Kier molecular flexibility index (Phi) is 1.77. The number of aliphatic imine (C=N–C) groups is 1. The van der Waals surface area contributed by atoms with Gasteiger partial charge in [0.15, 0.2) is 5.69 Å². The number of fused-ring (bicyclic) bond motifs is 1. The van der Waals surface area contributed by atoms with Crippen molar-refractivity contribution in [1.29, 1.82) is 0 Å². The summed E-state index contributed by atoms with van der Waals surface area (Å²) in [7, 11) is 0. The second-order valence-corrected chi connectivity index (χ2v) is 3.12. The van der Waals surface area contributed by atoms with Crippen LogP contribution in [-0.4, -0.2) is 21.8 Å². The monoisotopic (exact) mass is 194 g/mol. The molecule has 1 aliphatic heterocycles. The normalized spacial score (nSPS) is 19.6. The molecule has 0 bridgehead atoms. The lowest BCUT2D eigenvalue weighted by Crippen LogP contribution is -2.27. The maximum atomic E-state index is 11.0. The zero-order valence-corrected chi connectivity index (χ0v) is 7.87. The van der Waals surface area contributed by atoms with E-state index in [0.29, 0.717) is 5.69 Å². The second kappa shape index (κ2) is 2.83. The minimum absolute atomic E-state index is 0.170. The predicted molar refractivity (Wildman–Crippen MR) is 52.1 cm³/mol. The Morgan fingerprint density at radius 3 is 3.00 bits per heavy atom. The van der Waals surface area contributed by atoms with E-state index in [0.717, 1.165) is 5.71 Å². The Bertz CT molecular complexity index is 463. The Morgan fingerprint density at radius 1 is 1.57 bits per heavy atom. The summed E-state index contributed by atoms with van der Waals surface area (Å²) >= 11 is 0. The predicted octanol–water partition coefficient (Wildman–Crippen LogP) is 0.225. The molecule has 0 aromatic carbocycles. The fourth-order valence-corrected chi connectivity index (χ4v) is 1.17. The minimum Gasteiger partial charge on any atom is -0.467 e. The number of nitrogen functional groups attached to an aromatic ring is 1. The van der Waals surface area contributed by atoms with Gasteiger partial charge in [0.25, 0.3) is 0 Å². The van der Waals surface area contributed by atoms with Gasteiger partial charge in [0, 0.05) is 0 Å². The first-order valence-corrected chi connectivity index (χ1v) is 4.19. The summed E-state index contributed by atoms with van der Waals surface area (Å²) in [5.74, 6) is 0.385. The van der Waals surface area contributed by atoms with Crippen LogP contribution >= 0.6 is 0 Å². The maximum absolute atomic E-state index is 11.0. The lowest BCUT2D eigenvalue weighted by atomic mass is 10.2. The molecule has 0 fully saturated rings. The van der Waals surface area contributed by atoms with Crippen molar-refractivity contribution in [3.05, 3.63) is 10.5 Å². The van der Waals surface area contributed by atoms with Gasteiger partial charge in [-0.05, 0) is 13.8 Å². The molecule has 14 heavy (non-hydrogen) atoms. The molecule has 0 radical (unpaired) electrons. The number of H-pyrrole nitrogens is 1. The van der Waals surface area contributed by atoms with Crippen molar-refractivity contribution in [3.8, 4) is 5.88 Å². The molecule has 2 heterocycles. The van der Waals surface area contributed by atoms with Crippen molar-refractivity contribution >= 4 is 17.2 Å². The van der Waals surface area contributed by atoms with E-state index in [-0.39, 0.29) is 17.8 Å². The Morgan fingerprint density at radius 2 is 2.29 bits per heavy atom. The SMILES string of the molecule is CC1=Nc2c(nc(=O)[nH]c2N)OC1C. The molecule has 0 amide bonds. The van der Waals surface area contributed by atoms with Gasteiger partial charge in [-0.2, -0.15) is 4.98 Å². The standard InChI is InChI=1S/C8H10N4O2/c1-3-4(2)14-7-5(10-3)6(9)11-8(13)12-7/h4H,1-2H3,(H3,9,11,12,13). The van der Waals surface area contributed by atoms with Gasteiger partial charge >= 0.3 is 5.69 Å². The largest absolute Gasteiger partial charge is 0.467 e. The average molecular weight is 194 g/mol. The summed E-state index contributed by atoms with van der Waals surface area (Å²) < 4.78 is 5.36. The van der Waals surface area contributed by atoms with E-state index in [9.17, 15) is 4.79 Å². The maximum Gasteiger partial charge on any atom is 0.349 e. The van der Waals surface area contributed by atoms with Gasteiger partial charge in [-0.3, -0.25) is 4.98 Å². The van der Waals surface area contributed by atoms with Gasteiger partial charge in [-0.15, -0.1) is 0 Å². The van der Waals surface area contributed by atoms with Crippen molar-refractivity contribution in [3.63, 3.8) is 0 Å². The van der Waals surface area contributed by atoms with Gasteiger partial charge in [0.1, 0.15) is 11.9 Å². The van der Waals surface area contributed by atoms with E-state index in [1.165, 1.54) is 0 Å². The number of rotatable bonds is 0. The number of hydrogen-bond donors (Lipinski definition) is 2. The molecule has 6 nitrogen and oxygen atoms in total. The van der Waals surface area contributed by atoms with Crippen molar-refractivity contribution in [2.24, 2.45) is 4.99 Å². The third kappa shape index (κ3) is 1.24. The van der Waals surface area contributed by atoms with Crippen LogP contribution in [0.25, 0.3) is 0 Å². The smallest absolute Gasteiger partial charge is 0.349 e. The Labute approximate surface area is 79.8 Å². The van der Waals surface area contributed by atoms with E-state index >= 15 is 0 Å². The van der Waals surface area contributed by atoms with E-state index < -0.39 is 5.69 Å². The molecule has 1 aromatic heterocycles. The molecule has 0 saturated carbocycles. The van der Waals surface area contributed by atoms with Gasteiger partial charge in [-0.1, -0.05) is 0 Å². The fraction of sp³-hybridized carbons (Fsp3) is 0.375. The molecule has 1 aliphatic rings. The number of aromatic amines is 1. The highest BCUT2D eigenvalue weighted by Crippen LogP contribution is 2.32. The minimum atomic E-state index is -0.525. The Hall–Kier alpha value is -1.85. The molecule has 2 rings (SSSR count). The zero-order valence-electron chi connectivity index (χ0n) is 7.87. The van der Waals surface area contributed by atoms with Crippen LogP contribution in [0.3, 0.4) is 0 Å². The van der Waals surface area contributed by atoms with Gasteiger partial charge in [0.2, 0.25) is 5.88 Å². The summed E-state index contributed by atoms with van der Waals surface area (Å²) in [4.78, 5) is 21.2. The number of hydrogen-bond acceptors (Lipinski definition) is 5. The second-order valence-electron chi connectivity index (χ2n) is 3.12. The third-order valence-electron chi connectivity index (χ3n) is 2.07. The van der Waals surface area contributed by atoms with Crippen LogP contribution in [0.15, 0.2) is 9.79 Å². The summed E-state index contributed by atoms with van der Waals surface area (Å²) in [5.41, 5.74) is 6.25. The van der Waals surface area contributed by atoms with E-state index in [1.54, 1.807) is 0 Å². The molecule has 0 spiro atoms. The summed E-state index contributed by atoms with van der Waals surface area (Å²) in [6.45, 7) is 3.67. The van der Waals surface area contributed by atoms with Gasteiger partial charge in [0.05, 0.1) is 5.71 Å². The summed E-state index contributed by atoms with van der Waals surface area (Å²) in [6.07, 6.45) is -0.170. The van der Waals surface area contributed by atoms with Gasteiger partial charge < -0.3 is 10.5 Å². The van der Waals surface area contributed by atoms with E-state index in [4.69, 9.17) is 10.5 Å². The molecule has 1 unspecified atom stereocenters. The quantitative estimate of drug-likeness (QED) is 0.618. The van der Waals surface area contributed by atoms with Crippen molar-refractivity contribution in [2.75, 3.05) is 5.73 Å². The number of ether oxygens (including phenoxy) is 1. The average Bonchev–Trinajstić information content (AvgIpc) is 2.08. The lowest BCUT2D eigenvalue weighted by molar-refractivity contribution is 0.270. The number of anilines is 1. The summed E-state index contributed by atoms with van der Waals surface area (Å²) in [6, 6.07) is 0. The van der Waals surface area contributed by atoms with Crippen LogP contribution in [0.4, 0.5) is 11.5 Å². The number of nitrogens with one attached hydrogen (secondary N) is 1. The zero-order chi connectivity index (χ0) is 10.3. The van der Waals surface area contributed by atoms with Crippen molar-refractivity contribution in [2.45, 2.75) is 20.0 Å².